The summed E-state index contributed by atoms with van der Waals surface area (Å²) in [5, 5.41) is 12.0. The number of fused-ring (bicyclic) bond motifs is 1. The van der Waals surface area contributed by atoms with E-state index in [4.69, 9.17) is 14.2 Å². The van der Waals surface area contributed by atoms with Crippen LogP contribution in [0.1, 0.15) is 36.2 Å². The van der Waals surface area contributed by atoms with Gasteiger partial charge in [0.25, 0.3) is 0 Å². The summed E-state index contributed by atoms with van der Waals surface area (Å²) in [7, 11) is 1.32. The molecule has 174 valence electrons. The highest BCUT2D eigenvalue weighted by molar-refractivity contribution is 5.97. The molecule has 0 aromatic heterocycles. The van der Waals surface area contributed by atoms with Crippen LogP contribution < -0.4 is 14.2 Å². The summed E-state index contributed by atoms with van der Waals surface area (Å²) in [6.07, 6.45) is 1.33. The van der Waals surface area contributed by atoms with Crippen LogP contribution in [0.4, 0.5) is 0 Å². The Morgan fingerprint density at radius 3 is 2.18 bits per heavy atom. The van der Waals surface area contributed by atoms with E-state index in [1.807, 2.05) is 37.3 Å². The summed E-state index contributed by atoms with van der Waals surface area (Å²) in [6.45, 7) is 4.11. The van der Waals surface area contributed by atoms with Gasteiger partial charge in [0.05, 0.1) is 25.9 Å². The number of benzene rings is 3. The zero-order valence-corrected chi connectivity index (χ0v) is 19.1. The maximum atomic E-state index is 11.6. The van der Waals surface area contributed by atoms with Gasteiger partial charge in [0.2, 0.25) is 0 Å². The normalized spacial score (nSPS) is 10.6. The summed E-state index contributed by atoms with van der Waals surface area (Å²) in [5.41, 5.74) is 1.18. The van der Waals surface area contributed by atoms with E-state index in [0.29, 0.717) is 48.9 Å². The van der Waals surface area contributed by atoms with Crippen molar-refractivity contribution in [1.29, 1.82) is 0 Å². The van der Waals surface area contributed by atoms with Crippen molar-refractivity contribution in [3.63, 3.8) is 0 Å². The van der Waals surface area contributed by atoms with Gasteiger partial charge >= 0.3 is 5.97 Å². The van der Waals surface area contributed by atoms with Crippen LogP contribution in [-0.4, -0.2) is 43.8 Å². The molecule has 7 heteroatoms. The number of carbonyl (C=O) groups is 2. The molecule has 0 spiro atoms. The molecule has 0 aliphatic carbocycles. The number of rotatable bonds is 11. The average Bonchev–Trinajstić information content (AvgIpc) is 2.81. The predicted octanol–water partition coefficient (Wildman–Crippen LogP) is 4.71. The number of ether oxygens (including phenoxy) is 4. The van der Waals surface area contributed by atoms with Crippen molar-refractivity contribution in [1.82, 2.24) is 0 Å². The molecule has 0 heterocycles. The minimum absolute atomic E-state index is 0.0722. The first-order valence-corrected chi connectivity index (χ1v) is 10.8. The van der Waals surface area contributed by atoms with Gasteiger partial charge in [-0.05, 0) is 60.0 Å². The molecule has 0 bridgehead atoms. The van der Waals surface area contributed by atoms with Crippen molar-refractivity contribution in [2.45, 2.75) is 26.7 Å². The fourth-order valence-corrected chi connectivity index (χ4v) is 3.32. The molecule has 0 aliphatic rings. The molecule has 0 radical (unpaired) electrons. The third-order valence-corrected chi connectivity index (χ3v) is 5.12. The maximum absolute atomic E-state index is 11.6. The molecule has 0 fully saturated rings. The second-order valence-corrected chi connectivity index (χ2v) is 7.47. The van der Waals surface area contributed by atoms with Gasteiger partial charge in [-0.25, -0.2) is 4.79 Å². The summed E-state index contributed by atoms with van der Waals surface area (Å²) in [4.78, 5) is 22.9. The third kappa shape index (κ3) is 6.38. The van der Waals surface area contributed by atoms with Crippen LogP contribution in [-0.2, 0) is 16.0 Å². The van der Waals surface area contributed by atoms with Gasteiger partial charge in [-0.3, -0.25) is 4.79 Å². The van der Waals surface area contributed by atoms with E-state index in [-0.39, 0.29) is 18.1 Å². The van der Waals surface area contributed by atoms with Crippen molar-refractivity contribution in [2.75, 3.05) is 26.9 Å². The summed E-state index contributed by atoms with van der Waals surface area (Å²) in [6, 6.07) is 14.5. The average molecular weight is 453 g/mol. The van der Waals surface area contributed by atoms with E-state index in [1.165, 1.54) is 20.1 Å². The van der Waals surface area contributed by atoms with Gasteiger partial charge in [0, 0.05) is 12.5 Å². The first-order valence-electron chi connectivity index (χ1n) is 10.8. The number of hydrogen-bond acceptors (Lipinski definition) is 7. The van der Waals surface area contributed by atoms with Gasteiger partial charge in [-0.1, -0.05) is 19.1 Å². The van der Waals surface area contributed by atoms with Crippen LogP contribution in [0.2, 0.25) is 0 Å². The number of hydrogen-bond donors (Lipinski definition) is 1. The Labute approximate surface area is 192 Å². The fourth-order valence-electron chi connectivity index (χ4n) is 3.32. The highest BCUT2D eigenvalue weighted by Crippen LogP contribution is 2.29. The molecule has 3 aromatic carbocycles. The second-order valence-electron chi connectivity index (χ2n) is 7.47. The molecule has 0 amide bonds. The highest BCUT2D eigenvalue weighted by atomic mass is 16.6. The SMILES string of the molecule is CCc1cc(C(C)=O)c(O)cc1OCCCOc1ccc2ccc(OCC(=O)OC)cc2c1. The smallest absolute Gasteiger partial charge is 0.343 e. The molecule has 0 saturated carbocycles. The Kier molecular flexibility index (Phi) is 8.13. The Balaban J connectivity index is 1.54. The number of Topliss-reactive ketones (excluding diaryl/α,β-unsaturated/α-hetero) is 1. The number of aromatic hydroxyl groups is 1. The summed E-state index contributed by atoms with van der Waals surface area (Å²) < 4.78 is 21.7. The van der Waals surface area contributed by atoms with Crippen molar-refractivity contribution in [3.05, 3.63) is 59.7 Å². The monoisotopic (exact) mass is 452 g/mol. The van der Waals surface area contributed by atoms with E-state index in [0.717, 1.165) is 16.3 Å². The molecule has 0 atom stereocenters. The Bertz CT molecular complexity index is 1140. The molecular weight excluding hydrogens is 424 g/mol. The lowest BCUT2D eigenvalue weighted by atomic mass is 10.0. The lowest BCUT2D eigenvalue weighted by Gasteiger charge is -2.13. The maximum Gasteiger partial charge on any atom is 0.343 e. The first kappa shape index (κ1) is 23.9. The molecule has 3 rings (SSSR count). The van der Waals surface area contributed by atoms with E-state index in [1.54, 1.807) is 12.1 Å². The van der Waals surface area contributed by atoms with Crippen LogP contribution in [0.5, 0.6) is 23.0 Å². The number of phenols is 1. The molecule has 0 unspecified atom stereocenters. The van der Waals surface area contributed by atoms with E-state index in [9.17, 15) is 14.7 Å². The topological polar surface area (TPSA) is 91.3 Å². The summed E-state index contributed by atoms with van der Waals surface area (Å²) in [5.74, 6) is 1.17. The third-order valence-electron chi connectivity index (χ3n) is 5.12. The van der Waals surface area contributed by atoms with Gasteiger partial charge in [0.1, 0.15) is 23.0 Å². The van der Waals surface area contributed by atoms with Crippen LogP contribution in [0.15, 0.2) is 48.5 Å². The van der Waals surface area contributed by atoms with Crippen molar-refractivity contribution in [2.24, 2.45) is 0 Å². The molecular formula is C26H28O7. The number of aryl methyl sites for hydroxylation is 1. The summed E-state index contributed by atoms with van der Waals surface area (Å²) >= 11 is 0. The number of esters is 1. The van der Waals surface area contributed by atoms with Crippen molar-refractivity contribution in [3.8, 4) is 23.0 Å². The Hall–Kier alpha value is -3.74. The van der Waals surface area contributed by atoms with Gasteiger partial charge in [0.15, 0.2) is 12.4 Å². The second kappa shape index (κ2) is 11.2. The van der Waals surface area contributed by atoms with Crippen LogP contribution in [0, 0.1) is 0 Å². The lowest BCUT2D eigenvalue weighted by Crippen LogP contribution is -2.12. The first-order chi connectivity index (χ1) is 15.9. The van der Waals surface area contributed by atoms with E-state index >= 15 is 0 Å². The number of ketones is 1. The van der Waals surface area contributed by atoms with Gasteiger partial charge in [-0.15, -0.1) is 0 Å². The minimum Gasteiger partial charge on any atom is -0.507 e. The van der Waals surface area contributed by atoms with Crippen LogP contribution in [0.25, 0.3) is 10.8 Å². The lowest BCUT2D eigenvalue weighted by molar-refractivity contribution is -0.142. The van der Waals surface area contributed by atoms with E-state index < -0.39 is 5.97 Å². The number of methoxy groups -OCH3 is 1. The molecule has 33 heavy (non-hydrogen) atoms. The zero-order chi connectivity index (χ0) is 23.8. The molecule has 3 aromatic rings. The Morgan fingerprint density at radius 1 is 0.879 bits per heavy atom. The van der Waals surface area contributed by atoms with Gasteiger partial charge < -0.3 is 24.1 Å². The van der Waals surface area contributed by atoms with Gasteiger partial charge in [-0.2, -0.15) is 0 Å². The standard InChI is InChI=1S/C26H28O7/c1-4-18-14-23(17(2)27)24(28)15-25(18)32-11-5-10-31-21-8-6-19-7-9-22(13-20(19)12-21)33-16-26(29)30-3/h6-9,12-15,28H,4-5,10-11,16H2,1-3H3. The van der Waals surface area contributed by atoms with Crippen LogP contribution >= 0.6 is 0 Å². The molecule has 0 aliphatic heterocycles. The molecule has 1 N–H and O–H groups in total. The predicted molar refractivity (Wildman–Crippen MR) is 125 cm³/mol. The largest absolute Gasteiger partial charge is 0.507 e. The Morgan fingerprint density at radius 2 is 1.55 bits per heavy atom. The quantitative estimate of drug-likeness (QED) is 0.256. The van der Waals surface area contributed by atoms with Crippen LogP contribution in [0.3, 0.4) is 0 Å². The van der Waals surface area contributed by atoms with Crippen molar-refractivity contribution < 1.29 is 33.6 Å². The zero-order valence-electron chi connectivity index (χ0n) is 19.1. The minimum atomic E-state index is -0.439. The number of phenolic OH excluding ortho intramolecular Hbond substituents is 1. The fraction of sp³-hybridized carbons (Fsp3) is 0.308. The van der Waals surface area contributed by atoms with Crippen molar-refractivity contribution >= 4 is 22.5 Å². The highest BCUT2D eigenvalue weighted by Gasteiger charge is 2.12. The van der Waals surface area contributed by atoms with E-state index in [2.05, 4.69) is 4.74 Å². The number of carbonyl (C=O) groups excluding carboxylic acids is 2. The molecule has 0 saturated heterocycles. The molecule has 7 nitrogen and oxygen atoms in total.